The second-order valence-electron chi connectivity index (χ2n) is 7.31. The van der Waals surface area contributed by atoms with Crippen LogP contribution in [-0.2, 0) is 4.74 Å². The number of ether oxygens (including phenoxy) is 1. The summed E-state index contributed by atoms with van der Waals surface area (Å²) in [4.78, 5) is 14.2. The summed E-state index contributed by atoms with van der Waals surface area (Å²) in [6.07, 6.45) is 3.91. The maximum absolute atomic E-state index is 11.7. The average Bonchev–Trinajstić information content (AvgIpc) is 2.54. The van der Waals surface area contributed by atoms with E-state index in [2.05, 4.69) is 17.1 Å². The Bertz CT molecular complexity index is 313. The van der Waals surface area contributed by atoms with Crippen molar-refractivity contribution in [3.63, 3.8) is 0 Å². The third-order valence-electron chi connectivity index (χ3n) is 3.98. The van der Waals surface area contributed by atoms with Crippen molar-refractivity contribution in [1.29, 1.82) is 0 Å². The summed E-state index contributed by atoms with van der Waals surface area (Å²) in [5.74, 6) is 1.79. The molecule has 1 aliphatic heterocycles. The predicted octanol–water partition coefficient (Wildman–Crippen LogP) is 2.63. The molecular formula is C15H28N2O2. The zero-order valence-electron chi connectivity index (χ0n) is 12.7. The molecule has 0 aromatic heterocycles. The summed E-state index contributed by atoms with van der Waals surface area (Å²) >= 11 is 0. The Balaban J connectivity index is 1.72. The Labute approximate surface area is 116 Å². The molecule has 0 spiro atoms. The number of rotatable bonds is 3. The van der Waals surface area contributed by atoms with Gasteiger partial charge in [0, 0.05) is 25.7 Å². The topological polar surface area (TPSA) is 41.6 Å². The van der Waals surface area contributed by atoms with Gasteiger partial charge in [-0.05, 0) is 58.8 Å². The third-order valence-corrected chi connectivity index (χ3v) is 3.98. The van der Waals surface area contributed by atoms with Gasteiger partial charge in [0.1, 0.15) is 5.60 Å². The highest BCUT2D eigenvalue weighted by Crippen LogP contribution is 2.36. The van der Waals surface area contributed by atoms with E-state index in [-0.39, 0.29) is 12.1 Å². The van der Waals surface area contributed by atoms with Crippen LogP contribution in [0.4, 0.5) is 4.79 Å². The zero-order valence-corrected chi connectivity index (χ0v) is 12.7. The van der Waals surface area contributed by atoms with E-state index >= 15 is 0 Å². The van der Waals surface area contributed by atoms with E-state index in [1.807, 2.05) is 20.8 Å². The number of fused-ring (bicyclic) bond motifs is 2. The molecule has 19 heavy (non-hydrogen) atoms. The number of carbonyl (C=O) groups excluding carboxylic acids is 1. The van der Waals surface area contributed by atoms with E-state index < -0.39 is 5.60 Å². The smallest absolute Gasteiger partial charge is 0.407 e. The van der Waals surface area contributed by atoms with Crippen LogP contribution in [0, 0.1) is 11.8 Å². The first-order valence-electron chi connectivity index (χ1n) is 7.53. The van der Waals surface area contributed by atoms with Crippen LogP contribution in [0.2, 0.25) is 0 Å². The second-order valence-corrected chi connectivity index (χ2v) is 7.31. The van der Waals surface area contributed by atoms with E-state index in [0.717, 1.165) is 18.4 Å². The minimum atomic E-state index is -0.423. The van der Waals surface area contributed by atoms with Crippen molar-refractivity contribution in [2.24, 2.45) is 11.8 Å². The van der Waals surface area contributed by atoms with Crippen LogP contribution in [0.1, 0.15) is 47.0 Å². The molecule has 4 heteroatoms. The van der Waals surface area contributed by atoms with Crippen LogP contribution in [-0.4, -0.2) is 42.3 Å². The number of alkyl carbamates (subject to hydrolysis) is 1. The number of carbonyl (C=O) groups is 1. The predicted molar refractivity (Wildman–Crippen MR) is 76.1 cm³/mol. The number of nitrogens with one attached hydrogen (secondary N) is 1. The highest BCUT2D eigenvalue weighted by atomic mass is 16.6. The van der Waals surface area contributed by atoms with E-state index in [1.165, 1.54) is 32.4 Å². The number of likely N-dealkylation sites (tertiary alicyclic amines) is 1. The molecule has 2 bridgehead atoms. The van der Waals surface area contributed by atoms with E-state index in [0.29, 0.717) is 0 Å². The summed E-state index contributed by atoms with van der Waals surface area (Å²) in [6, 6.07) is 0.146. The third kappa shape index (κ3) is 4.68. The molecule has 2 rings (SSSR count). The number of nitrogens with zero attached hydrogens (tertiary/aromatic N) is 1. The van der Waals surface area contributed by atoms with Crippen LogP contribution < -0.4 is 5.32 Å². The molecule has 1 N–H and O–H groups in total. The Morgan fingerprint density at radius 1 is 1.32 bits per heavy atom. The van der Waals surface area contributed by atoms with Gasteiger partial charge in [-0.15, -0.1) is 0 Å². The molecule has 2 unspecified atom stereocenters. The highest BCUT2D eigenvalue weighted by Gasteiger charge is 2.33. The zero-order chi connectivity index (χ0) is 14.0. The largest absolute Gasteiger partial charge is 0.444 e. The van der Waals surface area contributed by atoms with Crippen LogP contribution in [0.5, 0.6) is 0 Å². The van der Waals surface area contributed by atoms with Gasteiger partial charge in [0.05, 0.1) is 0 Å². The molecule has 2 fully saturated rings. The van der Waals surface area contributed by atoms with E-state index in [9.17, 15) is 4.79 Å². The molecule has 4 nitrogen and oxygen atoms in total. The summed E-state index contributed by atoms with van der Waals surface area (Å²) in [7, 11) is 0. The fourth-order valence-corrected chi connectivity index (χ4v) is 3.41. The van der Waals surface area contributed by atoms with Gasteiger partial charge in [-0.3, -0.25) is 0 Å². The van der Waals surface area contributed by atoms with Crippen molar-refractivity contribution < 1.29 is 9.53 Å². The van der Waals surface area contributed by atoms with E-state index in [4.69, 9.17) is 4.74 Å². The first kappa shape index (κ1) is 14.6. The lowest BCUT2D eigenvalue weighted by molar-refractivity contribution is 0.0489. The summed E-state index contributed by atoms with van der Waals surface area (Å²) in [5.41, 5.74) is -0.423. The molecule has 2 aliphatic rings. The number of hydrogen-bond donors (Lipinski definition) is 1. The molecular weight excluding hydrogens is 240 g/mol. The first-order chi connectivity index (χ1) is 8.82. The maximum Gasteiger partial charge on any atom is 0.407 e. The lowest BCUT2D eigenvalue weighted by atomic mass is 9.98. The van der Waals surface area contributed by atoms with Gasteiger partial charge in [0.15, 0.2) is 0 Å². The maximum atomic E-state index is 11.7. The van der Waals surface area contributed by atoms with Crippen molar-refractivity contribution in [2.75, 3.05) is 19.6 Å². The fourth-order valence-electron chi connectivity index (χ4n) is 3.41. The van der Waals surface area contributed by atoms with Gasteiger partial charge in [-0.1, -0.05) is 0 Å². The van der Waals surface area contributed by atoms with Crippen LogP contribution in [0.15, 0.2) is 0 Å². The van der Waals surface area contributed by atoms with Gasteiger partial charge in [-0.2, -0.15) is 0 Å². The minimum absolute atomic E-state index is 0.146. The van der Waals surface area contributed by atoms with Crippen molar-refractivity contribution in [3.8, 4) is 0 Å². The fraction of sp³-hybridized carbons (Fsp3) is 0.933. The molecule has 3 atom stereocenters. The van der Waals surface area contributed by atoms with Crippen molar-refractivity contribution in [3.05, 3.63) is 0 Å². The lowest BCUT2D eigenvalue weighted by Crippen LogP contribution is -2.47. The molecule has 1 saturated heterocycles. The van der Waals surface area contributed by atoms with Crippen molar-refractivity contribution >= 4 is 6.09 Å². The molecule has 1 saturated carbocycles. The van der Waals surface area contributed by atoms with Gasteiger partial charge in [0.25, 0.3) is 0 Å². The van der Waals surface area contributed by atoms with Gasteiger partial charge in [0.2, 0.25) is 0 Å². The molecule has 0 aromatic rings. The Hall–Kier alpha value is -0.770. The Morgan fingerprint density at radius 2 is 1.89 bits per heavy atom. The standard InChI is InChI=1S/C15H28N2O2/c1-11(16-14(18)19-15(2,3)4)8-17-9-12-5-6-13(7-12)10-17/h11-13H,5-10H2,1-4H3,(H,16,18)/t11-,12?,13?/m1/s1. The van der Waals surface area contributed by atoms with Crippen molar-refractivity contribution in [1.82, 2.24) is 10.2 Å². The summed E-state index contributed by atoms with van der Waals surface area (Å²) in [6.45, 7) is 11.1. The summed E-state index contributed by atoms with van der Waals surface area (Å²) < 4.78 is 5.28. The SMILES string of the molecule is C[C@H](CN1CC2CCC(C2)C1)NC(=O)OC(C)(C)C. The Kier molecular flexibility index (Phi) is 4.39. The molecule has 1 aliphatic carbocycles. The van der Waals surface area contributed by atoms with Crippen LogP contribution in [0.25, 0.3) is 0 Å². The molecule has 110 valence electrons. The van der Waals surface area contributed by atoms with Gasteiger partial charge in [-0.25, -0.2) is 4.79 Å². The minimum Gasteiger partial charge on any atom is -0.444 e. The first-order valence-corrected chi connectivity index (χ1v) is 7.53. The Morgan fingerprint density at radius 3 is 2.42 bits per heavy atom. The highest BCUT2D eigenvalue weighted by molar-refractivity contribution is 5.68. The number of piperidine rings is 1. The quantitative estimate of drug-likeness (QED) is 0.855. The van der Waals surface area contributed by atoms with E-state index in [1.54, 1.807) is 0 Å². The van der Waals surface area contributed by atoms with Gasteiger partial charge >= 0.3 is 6.09 Å². The molecule has 0 radical (unpaired) electrons. The van der Waals surface area contributed by atoms with Crippen LogP contribution in [0.3, 0.4) is 0 Å². The van der Waals surface area contributed by atoms with Gasteiger partial charge < -0.3 is 15.0 Å². The van der Waals surface area contributed by atoms with Crippen molar-refractivity contribution in [2.45, 2.75) is 58.6 Å². The van der Waals surface area contributed by atoms with Crippen LogP contribution >= 0.6 is 0 Å². The molecule has 0 aromatic carbocycles. The normalized spacial score (nSPS) is 29.1. The molecule has 1 heterocycles. The average molecular weight is 268 g/mol. The lowest BCUT2D eigenvalue weighted by Gasteiger charge is -2.33. The number of hydrogen-bond acceptors (Lipinski definition) is 3. The second kappa shape index (κ2) is 5.70. The number of amides is 1. The molecule has 1 amide bonds. The monoisotopic (exact) mass is 268 g/mol. The summed E-state index contributed by atoms with van der Waals surface area (Å²) in [5, 5.41) is 2.93.